The van der Waals surface area contributed by atoms with E-state index in [2.05, 4.69) is 5.32 Å². The number of benzene rings is 1. The molecule has 0 aromatic heterocycles. The van der Waals surface area contributed by atoms with Crippen molar-refractivity contribution >= 4 is 23.2 Å². The van der Waals surface area contributed by atoms with Crippen molar-refractivity contribution in [1.82, 2.24) is 4.90 Å². The molecule has 18 heavy (non-hydrogen) atoms. The number of carbonyl (C=O) groups excluding carboxylic acids is 2. The number of nitrogens with one attached hydrogen (secondary N) is 1. The van der Waals surface area contributed by atoms with Gasteiger partial charge in [0.05, 0.1) is 18.0 Å². The van der Waals surface area contributed by atoms with E-state index < -0.39 is 11.8 Å². The number of nitrogens with zero attached hydrogens (tertiary/aromatic N) is 1. The first-order valence-corrected chi connectivity index (χ1v) is 5.49. The Labute approximate surface area is 105 Å². The quantitative estimate of drug-likeness (QED) is 0.519. The maximum absolute atomic E-state index is 11.6. The van der Waals surface area contributed by atoms with Crippen LogP contribution in [0.4, 0.5) is 11.4 Å². The largest absolute Gasteiger partial charge is 0.397 e. The summed E-state index contributed by atoms with van der Waals surface area (Å²) in [4.78, 5) is 24.3. The van der Waals surface area contributed by atoms with E-state index >= 15 is 0 Å². The summed E-state index contributed by atoms with van der Waals surface area (Å²) >= 11 is 0. The van der Waals surface area contributed by atoms with Crippen molar-refractivity contribution in [3.63, 3.8) is 0 Å². The van der Waals surface area contributed by atoms with Crippen LogP contribution in [0.2, 0.25) is 0 Å². The van der Waals surface area contributed by atoms with Gasteiger partial charge in [0, 0.05) is 13.6 Å². The highest BCUT2D eigenvalue weighted by Gasteiger charge is 2.18. The fourth-order valence-corrected chi connectivity index (χ4v) is 1.40. The Kier molecular flexibility index (Phi) is 4.67. The van der Waals surface area contributed by atoms with Gasteiger partial charge in [0.2, 0.25) is 0 Å². The van der Waals surface area contributed by atoms with Crippen LogP contribution in [0.5, 0.6) is 0 Å². The van der Waals surface area contributed by atoms with E-state index in [0.29, 0.717) is 11.4 Å². The number of nitrogens with two attached hydrogens (primary N) is 1. The molecule has 6 nitrogen and oxygen atoms in total. The normalized spacial score (nSPS) is 9.94. The zero-order chi connectivity index (χ0) is 13.7. The van der Waals surface area contributed by atoms with Gasteiger partial charge in [0.15, 0.2) is 0 Å². The SMILES string of the molecule is Cc1ccc(NC(=O)C(=O)N(C)CCO)c(N)c1. The Balaban J connectivity index is 2.72. The third-order valence-electron chi connectivity index (χ3n) is 2.43. The van der Waals surface area contributed by atoms with E-state index in [1.807, 2.05) is 6.92 Å². The summed E-state index contributed by atoms with van der Waals surface area (Å²) in [5, 5.41) is 11.1. The molecular weight excluding hydrogens is 234 g/mol. The van der Waals surface area contributed by atoms with E-state index in [-0.39, 0.29) is 13.2 Å². The summed E-state index contributed by atoms with van der Waals surface area (Å²) in [5.74, 6) is -1.49. The van der Waals surface area contributed by atoms with Gasteiger partial charge in [-0.1, -0.05) is 6.07 Å². The van der Waals surface area contributed by atoms with Crippen LogP contribution in [0.15, 0.2) is 18.2 Å². The first kappa shape index (κ1) is 14.0. The lowest BCUT2D eigenvalue weighted by molar-refractivity contribution is -0.142. The van der Waals surface area contributed by atoms with Crippen molar-refractivity contribution in [2.45, 2.75) is 6.92 Å². The number of likely N-dealkylation sites (N-methyl/N-ethyl adjacent to an activating group) is 1. The molecule has 0 saturated heterocycles. The van der Waals surface area contributed by atoms with E-state index in [1.54, 1.807) is 18.2 Å². The van der Waals surface area contributed by atoms with Gasteiger partial charge in [-0.2, -0.15) is 0 Å². The molecule has 0 aliphatic rings. The van der Waals surface area contributed by atoms with Crippen molar-refractivity contribution in [2.24, 2.45) is 0 Å². The van der Waals surface area contributed by atoms with Gasteiger partial charge in [-0.05, 0) is 24.6 Å². The molecule has 0 atom stereocenters. The molecule has 2 amide bonds. The molecule has 0 fully saturated rings. The maximum Gasteiger partial charge on any atom is 0.313 e. The number of aliphatic hydroxyl groups excluding tert-OH is 1. The summed E-state index contributed by atoms with van der Waals surface area (Å²) in [5.41, 5.74) is 7.49. The molecule has 0 saturated carbocycles. The van der Waals surface area contributed by atoms with Crippen LogP contribution >= 0.6 is 0 Å². The van der Waals surface area contributed by atoms with Crippen molar-refractivity contribution in [1.29, 1.82) is 0 Å². The number of aliphatic hydroxyl groups is 1. The Morgan fingerprint density at radius 2 is 2.11 bits per heavy atom. The molecule has 6 heteroatoms. The Morgan fingerprint density at radius 3 is 2.67 bits per heavy atom. The lowest BCUT2D eigenvalue weighted by atomic mass is 10.2. The third-order valence-corrected chi connectivity index (χ3v) is 2.43. The van der Waals surface area contributed by atoms with Gasteiger partial charge in [-0.25, -0.2) is 0 Å². The van der Waals surface area contributed by atoms with E-state index in [1.165, 1.54) is 7.05 Å². The molecule has 0 bridgehead atoms. The number of amides is 2. The first-order valence-electron chi connectivity index (χ1n) is 5.49. The molecule has 0 spiro atoms. The molecule has 4 N–H and O–H groups in total. The van der Waals surface area contributed by atoms with Crippen molar-refractivity contribution in [3.8, 4) is 0 Å². The minimum Gasteiger partial charge on any atom is -0.397 e. The summed E-state index contributed by atoms with van der Waals surface area (Å²) in [6, 6.07) is 5.13. The fraction of sp³-hybridized carbons (Fsp3) is 0.333. The van der Waals surface area contributed by atoms with Crippen LogP contribution in [-0.4, -0.2) is 42.0 Å². The molecule has 1 aromatic rings. The Hall–Kier alpha value is -2.08. The number of carbonyl (C=O) groups is 2. The second kappa shape index (κ2) is 6.02. The number of hydrogen-bond acceptors (Lipinski definition) is 4. The van der Waals surface area contributed by atoms with Gasteiger partial charge in [0.25, 0.3) is 0 Å². The number of anilines is 2. The predicted molar refractivity (Wildman–Crippen MR) is 68.9 cm³/mol. The number of nitrogen functional groups attached to an aromatic ring is 1. The van der Waals surface area contributed by atoms with Gasteiger partial charge in [-0.15, -0.1) is 0 Å². The molecule has 1 rings (SSSR count). The average molecular weight is 251 g/mol. The smallest absolute Gasteiger partial charge is 0.313 e. The summed E-state index contributed by atoms with van der Waals surface area (Å²) in [7, 11) is 1.44. The Morgan fingerprint density at radius 1 is 1.44 bits per heavy atom. The third kappa shape index (κ3) is 3.46. The number of rotatable bonds is 3. The molecule has 98 valence electrons. The standard InChI is InChI=1S/C12H17N3O3/c1-8-3-4-10(9(13)7-8)14-11(17)12(18)15(2)5-6-16/h3-4,7,16H,5-6,13H2,1-2H3,(H,14,17). The highest BCUT2D eigenvalue weighted by atomic mass is 16.3. The summed E-state index contributed by atoms with van der Waals surface area (Å²) in [6.45, 7) is 1.79. The van der Waals surface area contributed by atoms with Crippen LogP contribution in [0.1, 0.15) is 5.56 Å². The molecule has 0 aliphatic carbocycles. The van der Waals surface area contributed by atoms with E-state index in [0.717, 1.165) is 10.5 Å². The van der Waals surface area contributed by atoms with Crippen molar-refractivity contribution in [3.05, 3.63) is 23.8 Å². The highest BCUT2D eigenvalue weighted by Crippen LogP contribution is 2.19. The summed E-state index contributed by atoms with van der Waals surface area (Å²) < 4.78 is 0. The highest BCUT2D eigenvalue weighted by molar-refractivity contribution is 6.39. The van der Waals surface area contributed by atoms with E-state index in [4.69, 9.17) is 10.8 Å². The van der Waals surface area contributed by atoms with Crippen molar-refractivity contribution < 1.29 is 14.7 Å². The van der Waals surface area contributed by atoms with Crippen LogP contribution in [0.25, 0.3) is 0 Å². The maximum atomic E-state index is 11.6. The predicted octanol–water partition coefficient (Wildman–Crippen LogP) is -0.0336. The lowest BCUT2D eigenvalue weighted by Gasteiger charge is -2.15. The zero-order valence-corrected chi connectivity index (χ0v) is 10.4. The second-order valence-electron chi connectivity index (χ2n) is 4.00. The van der Waals surface area contributed by atoms with Crippen LogP contribution < -0.4 is 11.1 Å². The average Bonchev–Trinajstić information content (AvgIpc) is 2.32. The first-order chi connectivity index (χ1) is 8.45. The Bertz CT molecular complexity index is 460. The van der Waals surface area contributed by atoms with Gasteiger partial charge in [-0.3, -0.25) is 9.59 Å². The number of hydrogen-bond donors (Lipinski definition) is 3. The topological polar surface area (TPSA) is 95.7 Å². The molecule has 0 unspecified atom stereocenters. The molecule has 1 aromatic carbocycles. The summed E-state index contributed by atoms with van der Waals surface area (Å²) in [6.07, 6.45) is 0. The second-order valence-corrected chi connectivity index (χ2v) is 4.00. The molecule has 0 aliphatic heterocycles. The zero-order valence-electron chi connectivity index (χ0n) is 10.4. The monoisotopic (exact) mass is 251 g/mol. The van der Waals surface area contributed by atoms with Gasteiger partial charge >= 0.3 is 11.8 Å². The van der Waals surface area contributed by atoms with Crippen LogP contribution in [0, 0.1) is 6.92 Å². The number of aryl methyl sites for hydroxylation is 1. The molecule has 0 radical (unpaired) electrons. The molecular formula is C12H17N3O3. The van der Waals surface area contributed by atoms with Crippen molar-refractivity contribution in [2.75, 3.05) is 31.2 Å². The fourth-order valence-electron chi connectivity index (χ4n) is 1.40. The van der Waals surface area contributed by atoms with Gasteiger partial charge < -0.3 is 21.1 Å². The van der Waals surface area contributed by atoms with E-state index in [9.17, 15) is 9.59 Å². The minimum absolute atomic E-state index is 0.107. The van der Waals surface area contributed by atoms with Crippen LogP contribution in [-0.2, 0) is 9.59 Å². The lowest BCUT2D eigenvalue weighted by Crippen LogP contribution is -2.38. The minimum atomic E-state index is -0.776. The van der Waals surface area contributed by atoms with Crippen LogP contribution in [0.3, 0.4) is 0 Å². The van der Waals surface area contributed by atoms with Gasteiger partial charge in [0.1, 0.15) is 0 Å². The molecule has 0 heterocycles.